The van der Waals surface area contributed by atoms with Crippen molar-refractivity contribution in [1.82, 2.24) is 15.2 Å². The van der Waals surface area contributed by atoms with Crippen LogP contribution >= 0.6 is 0 Å². The highest BCUT2D eigenvalue weighted by Crippen LogP contribution is 2.11. The lowest BCUT2D eigenvalue weighted by atomic mass is 10.1. The Labute approximate surface area is 103 Å². The van der Waals surface area contributed by atoms with E-state index in [1.54, 1.807) is 0 Å². The number of hydrogen-bond donors (Lipinski definition) is 1. The van der Waals surface area contributed by atoms with Crippen LogP contribution in [0.5, 0.6) is 0 Å². The standard InChI is InChI=1S/C13H23N3O/c1-3-12-9-15-13(17-12)10-14-11-5-4-7-16(2)8-6-11/h9,11,14H,3-8,10H2,1-2H3. The van der Waals surface area contributed by atoms with Crippen LogP contribution in [0.2, 0.25) is 0 Å². The van der Waals surface area contributed by atoms with Crippen molar-refractivity contribution in [2.75, 3.05) is 20.1 Å². The fraction of sp³-hybridized carbons (Fsp3) is 0.769. The summed E-state index contributed by atoms with van der Waals surface area (Å²) in [5.41, 5.74) is 0. The molecule has 17 heavy (non-hydrogen) atoms. The summed E-state index contributed by atoms with van der Waals surface area (Å²) in [6, 6.07) is 0.608. The van der Waals surface area contributed by atoms with E-state index >= 15 is 0 Å². The molecule has 0 aliphatic carbocycles. The van der Waals surface area contributed by atoms with E-state index in [9.17, 15) is 0 Å². The van der Waals surface area contributed by atoms with Crippen LogP contribution in [0.15, 0.2) is 10.6 Å². The van der Waals surface area contributed by atoms with Gasteiger partial charge in [-0.2, -0.15) is 0 Å². The Bertz CT molecular complexity index is 337. The molecule has 1 aliphatic rings. The molecule has 4 heteroatoms. The second kappa shape index (κ2) is 6.17. The lowest BCUT2D eigenvalue weighted by Crippen LogP contribution is -2.29. The minimum absolute atomic E-state index is 0.608. The highest BCUT2D eigenvalue weighted by atomic mass is 16.4. The first-order valence-electron chi connectivity index (χ1n) is 6.63. The molecule has 1 N–H and O–H groups in total. The Balaban J connectivity index is 1.77. The summed E-state index contributed by atoms with van der Waals surface area (Å²) in [6.45, 7) is 5.24. The summed E-state index contributed by atoms with van der Waals surface area (Å²) in [7, 11) is 2.20. The third-order valence-corrected chi connectivity index (χ3v) is 3.44. The molecule has 0 aromatic carbocycles. The van der Waals surface area contributed by atoms with Gasteiger partial charge in [-0.1, -0.05) is 6.92 Å². The fourth-order valence-electron chi connectivity index (χ4n) is 2.27. The molecule has 2 heterocycles. The Kier molecular flexibility index (Phi) is 4.57. The zero-order valence-corrected chi connectivity index (χ0v) is 10.9. The van der Waals surface area contributed by atoms with E-state index in [1.807, 2.05) is 6.20 Å². The average Bonchev–Trinajstić information content (AvgIpc) is 2.70. The van der Waals surface area contributed by atoms with Crippen molar-refractivity contribution in [1.29, 1.82) is 0 Å². The fourth-order valence-corrected chi connectivity index (χ4v) is 2.27. The Morgan fingerprint density at radius 1 is 1.47 bits per heavy atom. The lowest BCUT2D eigenvalue weighted by Gasteiger charge is -2.15. The molecule has 0 amide bonds. The quantitative estimate of drug-likeness (QED) is 0.867. The molecule has 96 valence electrons. The van der Waals surface area contributed by atoms with Gasteiger partial charge in [0, 0.05) is 12.5 Å². The van der Waals surface area contributed by atoms with Gasteiger partial charge in [0.15, 0.2) is 0 Å². The topological polar surface area (TPSA) is 41.3 Å². The molecular formula is C13H23N3O. The van der Waals surface area contributed by atoms with Gasteiger partial charge in [-0.3, -0.25) is 0 Å². The van der Waals surface area contributed by atoms with Gasteiger partial charge in [-0.15, -0.1) is 0 Å². The minimum atomic E-state index is 0.608. The summed E-state index contributed by atoms with van der Waals surface area (Å²) < 4.78 is 5.59. The van der Waals surface area contributed by atoms with E-state index in [0.29, 0.717) is 6.04 Å². The van der Waals surface area contributed by atoms with E-state index in [4.69, 9.17) is 4.42 Å². The smallest absolute Gasteiger partial charge is 0.208 e. The molecule has 1 saturated heterocycles. The van der Waals surface area contributed by atoms with Crippen molar-refractivity contribution in [3.63, 3.8) is 0 Å². The molecule has 1 aliphatic heterocycles. The van der Waals surface area contributed by atoms with Crippen molar-refractivity contribution in [2.24, 2.45) is 0 Å². The summed E-state index contributed by atoms with van der Waals surface area (Å²) in [4.78, 5) is 6.67. The summed E-state index contributed by atoms with van der Waals surface area (Å²) >= 11 is 0. The van der Waals surface area contributed by atoms with Crippen LogP contribution in [-0.4, -0.2) is 36.1 Å². The maximum Gasteiger partial charge on any atom is 0.208 e. The van der Waals surface area contributed by atoms with E-state index < -0.39 is 0 Å². The van der Waals surface area contributed by atoms with Gasteiger partial charge in [0.05, 0.1) is 12.7 Å². The Hall–Kier alpha value is -0.870. The van der Waals surface area contributed by atoms with E-state index in [1.165, 1.54) is 32.4 Å². The second-order valence-electron chi connectivity index (χ2n) is 4.89. The number of nitrogens with one attached hydrogen (secondary N) is 1. The number of oxazole rings is 1. The van der Waals surface area contributed by atoms with E-state index in [0.717, 1.165) is 24.6 Å². The largest absolute Gasteiger partial charge is 0.444 e. The zero-order valence-electron chi connectivity index (χ0n) is 10.9. The molecular weight excluding hydrogens is 214 g/mol. The van der Waals surface area contributed by atoms with Crippen LogP contribution in [-0.2, 0) is 13.0 Å². The normalized spacial score (nSPS) is 22.6. The monoisotopic (exact) mass is 237 g/mol. The van der Waals surface area contributed by atoms with E-state index in [2.05, 4.69) is 29.2 Å². The van der Waals surface area contributed by atoms with Crippen LogP contribution in [0.25, 0.3) is 0 Å². The van der Waals surface area contributed by atoms with E-state index in [-0.39, 0.29) is 0 Å². The van der Waals surface area contributed by atoms with Crippen molar-refractivity contribution >= 4 is 0 Å². The highest BCUT2D eigenvalue weighted by molar-refractivity contribution is 4.93. The summed E-state index contributed by atoms with van der Waals surface area (Å²) in [5.74, 6) is 1.79. The number of aromatic nitrogens is 1. The predicted octanol–water partition coefficient (Wildman–Crippen LogP) is 1.81. The first-order valence-corrected chi connectivity index (χ1v) is 6.63. The first-order chi connectivity index (χ1) is 8.28. The highest BCUT2D eigenvalue weighted by Gasteiger charge is 2.14. The van der Waals surface area contributed by atoms with Crippen LogP contribution in [0.3, 0.4) is 0 Å². The average molecular weight is 237 g/mol. The first kappa shape index (κ1) is 12.6. The third kappa shape index (κ3) is 3.82. The SMILES string of the molecule is CCc1cnc(CNC2CCCN(C)CC2)o1. The molecule has 0 radical (unpaired) electrons. The molecule has 2 rings (SSSR count). The van der Waals surface area contributed by atoms with Gasteiger partial charge in [-0.25, -0.2) is 4.98 Å². The van der Waals surface area contributed by atoms with Gasteiger partial charge in [0.25, 0.3) is 0 Å². The van der Waals surface area contributed by atoms with Gasteiger partial charge in [-0.05, 0) is 39.4 Å². The minimum Gasteiger partial charge on any atom is -0.444 e. The molecule has 1 fully saturated rings. The zero-order chi connectivity index (χ0) is 12.1. The molecule has 1 aromatic rings. The van der Waals surface area contributed by atoms with Crippen LogP contribution in [0, 0.1) is 0 Å². The number of nitrogens with zero attached hydrogens (tertiary/aromatic N) is 2. The molecule has 1 aromatic heterocycles. The van der Waals surface area contributed by atoms with Crippen LogP contribution in [0.4, 0.5) is 0 Å². The molecule has 0 bridgehead atoms. The summed E-state index contributed by atoms with van der Waals surface area (Å²) in [5, 5.41) is 3.55. The third-order valence-electron chi connectivity index (χ3n) is 3.44. The van der Waals surface area contributed by atoms with Gasteiger partial charge in [0.1, 0.15) is 5.76 Å². The Morgan fingerprint density at radius 3 is 3.12 bits per heavy atom. The summed E-state index contributed by atoms with van der Waals surface area (Å²) in [6.07, 6.45) is 6.50. The van der Waals surface area contributed by atoms with Crippen molar-refractivity contribution < 1.29 is 4.42 Å². The lowest BCUT2D eigenvalue weighted by molar-refractivity contribution is 0.341. The van der Waals surface area contributed by atoms with Crippen molar-refractivity contribution in [2.45, 2.75) is 45.2 Å². The molecule has 0 saturated carbocycles. The van der Waals surface area contributed by atoms with Crippen LogP contribution < -0.4 is 5.32 Å². The number of rotatable bonds is 4. The maximum absolute atomic E-state index is 5.59. The molecule has 1 unspecified atom stereocenters. The van der Waals surface area contributed by atoms with Gasteiger partial charge in [0.2, 0.25) is 5.89 Å². The van der Waals surface area contributed by atoms with Crippen molar-refractivity contribution in [3.05, 3.63) is 17.8 Å². The van der Waals surface area contributed by atoms with Gasteiger partial charge >= 0.3 is 0 Å². The van der Waals surface area contributed by atoms with Crippen molar-refractivity contribution in [3.8, 4) is 0 Å². The molecule has 0 spiro atoms. The number of hydrogen-bond acceptors (Lipinski definition) is 4. The molecule has 4 nitrogen and oxygen atoms in total. The number of aryl methyl sites for hydroxylation is 1. The molecule has 1 atom stereocenters. The number of likely N-dealkylation sites (tertiary alicyclic amines) is 1. The second-order valence-corrected chi connectivity index (χ2v) is 4.89. The Morgan fingerprint density at radius 2 is 2.35 bits per heavy atom. The predicted molar refractivity (Wildman–Crippen MR) is 67.9 cm³/mol. The van der Waals surface area contributed by atoms with Crippen LogP contribution in [0.1, 0.15) is 37.8 Å². The maximum atomic E-state index is 5.59. The van der Waals surface area contributed by atoms with Gasteiger partial charge < -0.3 is 14.6 Å².